The summed E-state index contributed by atoms with van der Waals surface area (Å²) in [7, 11) is 0. The largest absolute Gasteiger partial charge is 0.480 e. The second kappa shape index (κ2) is 23.9. The number of fused-ring (bicyclic) bond motifs is 6. The van der Waals surface area contributed by atoms with Gasteiger partial charge in [-0.25, -0.2) is 19.6 Å². The van der Waals surface area contributed by atoms with Crippen LogP contribution in [0.3, 0.4) is 0 Å². The molecule has 1 unspecified atom stereocenters. The van der Waals surface area contributed by atoms with E-state index in [4.69, 9.17) is 5.73 Å². The van der Waals surface area contributed by atoms with E-state index in [1.807, 2.05) is 48.5 Å². The third kappa shape index (κ3) is 13.0. The van der Waals surface area contributed by atoms with Crippen molar-refractivity contribution < 1.29 is 43.8 Å². The number of nitrogens with zero attached hydrogens (tertiary/aromatic N) is 6. The van der Waals surface area contributed by atoms with Crippen molar-refractivity contribution in [2.45, 2.75) is 70.1 Å². The van der Waals surface area contributed by atoms with E-state index in [1.54, 1.807) is 23.3 Å². The highest BCUT2D eigenvalue weighted by molar-refractivity contribution is 7.98. The minimum atomic E-state index is -1.47. The van der Waals surface area contributed by atoms with Crippen LogP contribution in [0.15, 0.2) is 83.8 Å². The summed E-state index contributed by atoms with van der Waals surface area (Å²) in [6.45, 7) is 0.469. The van der Waals surface area contributed by atoms with E-state index in [0.29, 0.717) is 34.0 Å². The van der Waals surface area contributed by atoms with Gasteiger partial charge < -0.3 is 42.1 Å². The molecule has 0 radical (unpaired) electrons. The molecule has 3 aromatic heterocycles. The lowest BCUT2D eigenvalue weighted by molar-refractivity contribution is -0.142. The topological polar surface area (TPSA) is 350 Å². The molecule has 374 valence electrons. The first-order valence-electron chi connectivity index (χ1n) is 22.8. The van der Waals surface area contributed by atoms with E-state index in [-0.39, 0.29) is 98.9 Å². The Balaban J connectivity index is 0.901. The van der Waals surface area contributed by atoms with E-state index < -0.39 is 59.0 Å². The number of hydrogen-bond donors (Lipinski definition) is 9. The standard InChI is InChI=1S/C48H51N13O10S/c1-72-25-35(47(70)71)55-44(66)27(8-6-20-50-37(63)18-19-38(64)61-24-28-7-2-3-9-32(28)39-40(59-60-58-39)33-10-4-5-11-36(33)61)21-31(62)16-17-34(46(68)69)54-43(65)26-12-14-29(15-13-26)51-22-30-23-52-42-41(53-30)45(67)57-48(49)56-42/h2-5,7,9-15,23,27,34-35,51H,6,8,16-22,24-25H2,1H3,(H,50,63)(H,54,65)(H,55,66)(H,68,69)(H,70,71)(H,58,59,60)(H3,49,52,56,57,67)/t27?,34-,35-/m0/s1. The average molecular weight is 1000 g/mol. The number of benzene rings is 3. The van der Waals surface area contributed by atoms with Gasteiger partial charge in [0.25, 0.3) is 11.5 Å². The Morgan fingerprint density at radius 2 is 1.54 bits per heavy atom. The van der Waals surface area contributed by atoms with Crippen LogP contribution < -0.4 is 37.5 Å². The number of anilines is 3. The fourth-order valence-corrected chi connectivity index (χ4v) is 8.59. The van der Waals surface area contributed by atoms with Crippen molar-refractivity contribution in [1.29, 1.82) is 0 Å². The van der Waals surface area contributed by atoms with Gasteiger partial charge in [-0.1, -0.05) is 42.5 Å². The van der Waals surface area contributed by atoms with E-state index in [2.05, 4.69) is 56.6 Å². The Morgan fingerprint density at radius 1 is 0.833 bits per heavy atom. The van der Waals surface area contributed by atoms with Gasteiger partial charge in [-0.2, -0.15) is 32.2 Å². The molecule has 10 N–H and O–H groups in total. The summed E-state index contributed by atoms with van der Waals surface area (Å²) < 4.78 is 0. The van der Waals surface area contributed by atoms with Crippen LogP contribution in [0.5, 0.6) is 0 Å². The number of Topliss-reactive ketones (excluding diaryl/α,β-unsaturated/α-hetero) is 1. The summed E-state index contributed by atoms with van der Waals surface area (Å²) in [6.07, 6.45) is 2.11. The molecule has 0 bridgehead atoms. The molecule has 0 spiro atoms. The lowest BCUT2D eigenvalue weighted by Crippen LogP contribution is -2.45. The van der Waals surface area contributed by atoms with Gasteiger partial charge in [0.15, 0.2) is 11.2 Å². The van der Waals surface area contributed by atoms with Crippen molar-refractivity contribution in [2.75, 3.05) is 34.5 Å². The third-order valence-electron chi connectivity index (χ3n) is 11.7. The first kappa shape index (κ1) is 51.3. The van der Waals surface area contributed by atoms with Crippen LogP contribution in [0.25, 0.3) is 33.7 Å². The number of H-pyrrole nitrogens is 2. The fourth-order valence-electron chi connectivity index (χ4n) is 8.03. The Morgan fingerprint density at radius 3 is 2.28 bits per heavy atom. The smallest absolute Gasteiger partial charge is 0.327 e. The number of carbonyl (C=O) groups excluding carboxylic acids is 5. The zero-order chi connectivity index (χ0) is 51.3. The number of nitrogen functional groups attached to an aromatic ring is 1. The molecule has 4 amide bonds. The molecular formula is C48H51N13O10S. The highest BCUT2D eigenvalue weighted by Crippen LogP contribution is 2.40. The van der Waals surface area contributed by atoms with Gasteiger partial charge in [0, 0.05) is 66.3 Å². The van der Waals surface area contributed by atoms with Crippen molar-refractivity contribution in [2.24, 2.45) is 5.92 Å². The predicted octanol–water partition coefficient (Wildman–Crippen LogP) is 3.05. The van der Waals surface area contributed by atoms with Crippen LogP contribution in [-0.2, 0) is 41.9 Å². The summed E-state index contributed by atoms with van der Waals surface area (Å²) in [6, 6.07) is 18.3. The maximum absolute atomic E-state index is 13.8. The number of nitrogens with one attached hydrogen (secondary N) is 6. The molecule has 24 heteroatoms. The molecule has 0 fully saturated rings. The number of rotatable bonds is 23. The van der Waals surface area contributed by atoms with Crippen LogP contribution in [0.4, 0.5) is 17.3 Å². The Hall–Kier alpha value is -8.54. The normalized spacial score (nSPS) is 12.9. The molecule has 3 atom stereocenters. The van der Waals surface area contributed by atoms with Gasteiger partial charge in [0.2, 0.25) is 23.7 Å². The zero-order valence-electron chi connectivity index (χ0n) is 38.8. The molecule has 72 heavy (non-hydrogen) atoms. The number of aromatic amines is 2. The Kier molecular flexibility index (Phi) is 17.0. The van der Waals surface area contributed by atoms with Gasteiger partial charge in [0.05, 0.1) is 30.7 Å². The predicted molar refractivity (Wildman–Crippen MR) is 265 cm³/mol. The second-order valence-electron chi connectivity index (χ2n) is 16.8. The number of para-hydroxylation sites is 1. The molecule has 4 heterocycles. The lowest BCUT2D eigenvalue weighted by atomic mass is 9.93. The number of amides is 4. The summed E-state index contributed by atoms with van der Waals surface area (Å²) >= 11 is 1.20. The van der Waals surface area contributed by atoms with Crippen LogP contribution in [0, 0.1) is 5.92 Å². The fraction of sp³-hybridized carbons (Fsp3) is 0.312. The van der Waals surface area contributed by atoms with Gasteiger partial charge in [-0.3, -0.25) is 33.8 Å². The monoisotopic (exact) mass is 1000 g/mol. The number of aliphatic carboxylic acids is 2. The maximum Gasteiger partial charge on any atom is 0.327 e. The van der Waals surface area contributed by atoms with Crippen LogP contribution in [0.2, 0.25) is 0 Å². The highest BCUT2D eigenvalue weighted by atomic mass is 32.2. The number of aromatic nitrogens is 7. The van der Waals surface area contributed by atoms with Gasteiger partial charge in [-0.15, -0.1) is 0 Å². The number of ketones is 1. The second-order valence-corrected chi connectivity index (χ2v) is 17.7. The molecule has 1 aliphatic rings. The number of carbonyl (C=O) groups is 7. The van der Waals surface area contributed by atoms with Crippen LogP contribution in [-0.4, -0.2) is 118 Å². The number of carboxylic acid groups (broad SMARTS) is 2. The average Bonchev–Trinajstić information content (AvgIpc) is 3.85. The Bertz CT molecular complexity index is 3060. The van der Waals surface area contributed by atoms with Gasteiger partial charge in [0.1, 0.15) is 29.3 Å². The van der Waals surface area contributed by atoms with E-state index in [0.717, 1.165) is 11.1 Å². The van der Waals surface area contributed by atoms with E-state index >= 15 is 0 Å². The number of nitrogens with two attached hydrogens (primary N) is 1. The molecule has 1 aliphatic heterocycles. The lowest BCUT2D eigenvalue weighted by Gasteiger charge is -2.28. The summed E-state index contributed by atoms with van der Waals surface area (Å²) in [4.78, 5) is 120. The minimum absolute atomic E-state index is 0.0138. The molecule has 7 rings (SSSR count). The van der Waals surface area contributed by atoms with Crippen molar-refractivity contribution in [1.82, 2.24) is 51.3 Å². The van der Waals surface area contributed by atoms with E-state index in [9.17, 15) is 48.6 Å². The number of thioether (sulfide) groups is 1. The molecule has 6 aromatic rings. The zero-order valence-corrected chi connectivity index (χ0v) is 39.7. The first-order valence-corrected chi connectivity index (χ1v) is 24.2. The summed E-state index contributed by atoms with van der Waals surface area (Å²) in [5.41, 5.74) is 10.5. The first-order chi connectivity index (χ1) is 34.7. The molecule has 23 nitrogen and oxygen atoms in total. The Labute approximate surface area is 414 Å². The van der Waals surface area contributed by atoms with Crippen LogP contribution in [0.1, 0.15) is 66.6 Å². The quantitative estimate of drug-likeness (QED) is 0.0416. The van der Waals surface area contributed by atoms with Crippen LogP contribution >= 0.6 is 11.8 Å². The number of hydrogen-bond acceptors (Lipinski definition) is 16. The van der Waals surface area contributed by atoms with Crippen molar-refractivity contribution >= 4 is 81.6 Å². The van der Waals surface area contributed by atoms with Crippen molar-refractivity contribution in [3.05, 3.63) is 106 Å². The number of carboxylic acids is 2. The molecular weight excluding hydrogens is 951 g/mol. The summed E-state index contributed by atoms with van der Waals surface area (Å²) in [5.74, 6) is -6.34. The van der Waals surface area contributed by atoms with Gasteiger partial charge >= 0.3 is 11.9 Å². The third-order valence-corrected chi connectivity index (χ3v) is 12.4. The molecule has 0 saturated carbocycles. The maximum atomic E-state index is 13.8. The van der Waals surface area contributed by atoms with Crippen molar-refractivity contribution in [3.8, 4) is 22.5 Å². The molecule has 0 saturated heterocycles. The highest BCUT2D eigenvalue weighted by Gasteiger charge is 2.30. The summed E-state index contributed by atoms with van der Waals surface area (Å²) in [5, 5.41) is 41.9. The molecule has 0 aliphatic carbocycles. The van der Waals surface area contributed by atoms with Gasteiger partial charge in [-0.05, 0) is 61.4 Å². The SMILES string of the molecule is CSC[C@H](NC(=O)C(CCCNC(=O)CCC(=O)N1Cc2ccccc2-c2n[nH]nc2-c2ccccc21)CC(=O)CC[C@H](NC(=O)c1ccc(NCc2cnc3nc(N)[nH]c(=O)c3n2)cc1)C(=O)O)C(=O)O. The van der Waals surface area contributed by atoms with Crippen molar-refractivity contribution in [3.63, 3.8) is 0 Å². The van der Waals surface area contributed by atoms with E-state index in [1.165, 1.54) is 30.1 Å². The minimum Gasteiger partial charge on any atom is -0.480 e. The molecule has 3 aromatic carbocycles.